The summed E-state index contributed by atoms with van der Waals surface area (Å²) in [6.45, 7) is 5.21. The van der Waals surface area contributed by atoms with E-state index in [9.17, 15) is 4.39 Å². The molecule has 100 valence electrons. The van der Waals surface area contributed by atoms with Gasteiger partial charge < -0.3 is 10.1 Å². The minimum atomic E-state index is -0.243. The highest BCUT2D eigenvalue weighted by molar-refractivity contribution is 6.31. The molecule has 0 bridgehead atoms. The third-order valence-corrected chi connectivity index (χ3v) is 3.97. The van der Waals surface area contributed by atoms with Gasteiger partial charge >= 0.3 is 0 Å². The number of halogens is 2. The molecular weight excluding hydrogens is 253 g/mol. The van der Waals surface area contributed by atoms with Gasteiger partial charge in [-0.25, -0.2) is 4.39 Å². The van der Waals surface area contributed by atoms with E-state index in [1.807, 2.05) is 0 Å². The average Bonchev–Trinajstić information content (AvgIpc) is 2.34. The van der Waals surface area contributed by atoms with Crippen LogP contribution in [0.2, 0.25) is 5.02 Å². The predicted octanol–water partition coefficient (Wildman–Crippen LogP) is 3.39. The smallest absolute Gasteiger partial charge is 0.129 e. The fraction of sp³-hybridized carbons (Fsp3) is 0.571. The maximum atomic E-state index is 13.6. The van der Waals surface area contributed by atoms with Gasteiger partial charge in [0.1, 0.15) is 5.82 Å². The van der Waals surface area contributed by atoms with E-state index in [-0.39, 0.29) is 11.2 Å². The number of hydrogen-bond acceptors (Lipinski definition) is 2. The number of hydrogen-bond donors (Lipinski definition) is 1. The summed E-state index contributed by atoms with van der Waals surface area (Å²) < 4.78 is 18.9. The van der Waals surface area contributed by atoms with Crippen LogP contribution in [0.1, 0.15) is 25.3 Å². The highest BCUT2D eigenvalue weighted by Gasteiger charge is 2.26. The van der Waals surface area contributed by atoms with Crippen molar-refractivity contribution in [2.75, 3.05) is 19.8 Å². The van der Waals surface area contributed by atoms with Crippen LogP contribution in [0.15, 0.2) is 18.2 Å². The maximum Gasteiger partial charge on any atom is 0.129 e. The van der Waals surface area contributed by atoms with Crippen molar-refractivity contribution in [2.24, 2.45) is 5.41 Å². The molecule has 2 rings (SSSR count). The highest BCUT2D eigenvalue weighted by atomic mass is 35.5. The molecule has 0 aromatic heterocycles. The molecule has 0 atom stereocenters. The summed E-state index contributed by atoms with van der Waals surface area (Å²) in [6, 6.07) is 4.79. The SMILES string of the molecule is CC1(CNCc2c(F)cccc2Cl)CCOCC1. The van der Waals surface area contributed by atoms with Gasteiger partial charge in [0, 0.05) is 36.9 Å². The molecule has 0 aliphatic carbocycles. The van der Waals surface area contributed by atoms with Crippen LogP contribution >= 0.6 is 11.6 Å². The zero-order valence-corrected chi connectivity index (χ0v) is 11.4. The summed E-state index contributed by atoms with van der Waals surface area (Å²) in [5.41, 5.74) is 0.797. The standard InChI is InChI=1S/C14H19ClFNO/c1-14(5-7-18-8-6-14)10-17-9-11-12(15)3-2-4-13(11)16/h2-4,17H,5-10H2,1H3. The van der Waals surface area contributed by atoms with Crippen molar-refractivity contribution in [1.29, 1.82) is 0 Å². The van der Waals surface area contributed by atoms with Gasteiger partial charge in [0.15, 0.2) is 0 Å². The zero-order valence-electron chi connectivity index (χ0n) is 10.6. The lowest BCUT2D eigenvalue weighted by Gasteiger charge is -2.33. The fourth-order valence-electron chi connectivity index (χ4n) is 2.23. The van der Waals surface area contributed by atoms with E-state index in [1.165, 1.54) is 6.07 Å². The van der Waals surface area contributed by atoms with Gasteiger partial charge in [0.25, 0.3) is 0 Å². The highest BCUT2D eigenvalue weighted by Crippen LogP contribution is 2.29. The van der Waals surface area contributed by atoms with E-state index in [1.54, 1.807) is 12.1 Å². The quantitative estimate of drug-likeness (QED) is 0.906. The van der Waals surface area contributed by atoms with Crippen molar-refractivity contribution in [1.82, 2.24) is 5.32 Å². The molecule has 4 heteroatoms. The van der Waals surface area contributed by atoms with E-state index in [4.69, 9.17) is 16.3 Å². The lowest BCUT2D eigenvalue weighted by molar-refractivity contribution is 0.0240. The molecule has 1 aliphatic rings. The third-order valence-electron chi connectivity index (χ3n) is 3.62. The summed E-state index contributed by atoms with van der Waals surface area (Å²) >= 11 is 5.99. The topological polar surface area (TPSA) is 21.3 Å². The van der Waals surface area contributed by atoms with Crippen LogP contribution in [-0.4, -0.2) is 19.8 Å². The number of benzene rings is 1. The molecule has 1 saturated heterocycles. The molecule has 0 saturated carbocycles. The summed E-state index contributed by atoms with van der Waals surface area (Å²) in [5, 5.41) is 3.80. The van der Waals surface area contributed by atoms with Gasteiger partial charge in [0.2, 0.25) is 0 Å². The summed E-state index contributed by atoms with van der Waals surface area (Å²) in [7, 11) is 0. The Balaban J connectivity index is 1.88. The third kappa shape index (κ3) is 3.44. The van der Waals surface area contributed by atoms with Crippen LogP contribution in [0, 0.1) is 11.2 Å². The monoisotopic (exact) mass is 271 g/mol. The second-order valence-corrected chi connectivity index (χ2v) is 5.63. The Kier molecular flexibility index (Phi) is 4.60. The van der Waals surface area contributed by atoms with Crippen LogP contribution in [0.3, 0.4) is 0 Å². The van der Waals surface area contributed by atoms with Crippen LogP contribution in [0.4, 0.5) is 4.39 Å². The Morgan fingerprint density at radius 1 is 1.39 bits per heavy atom. The molecular formula is C14H19ClFNO. The van der Waals surface area contributed by atoms with Gasteiger partial charge in [-0.3, -0.25) is 0 Å². The molecule has 0 amide bonds. The number of ether oxygens (including phenoxy) is 1. The minimum absolute atomic E-state index is 0.243. The minimum Gasteiger partial charge on any atom is -0.381 e. The largest absolute Gasteiger partial charge is 0.381 e. The van der Waals surface area contributed by atoms with E-state index < -0.39 is 0 Å². The molecule has 1 heterocycles. The van der Waals surface area contributed by atoms with Gasteiger partial charge in [-0.2, -0.15) is 0 Å². The Hall–Kier alpha value is -0.640. The Morgan fingerprint density at radius 3 is 2.78 bits per heavy atom. The summed E-state index contributed by atoms with van der Waals surface area (Å²) in [4.78, 5) is 0. The van der Waals surface area contributed by atoms with E-state index in [2.05, 4.69) is 12.2 Å². The molecule has 0 unspecified atom stereocenters. The van der Waals surface area contributed by atoms with Crippen molar-refractivity contribution in [3.05, 3.63) is 34.6 Å². The lowest BCUT2D eigenvalue weighted by atomic mass is 9.82. The normalized spacial score (nSPS) is 18.8. The van der Waals surface area contributed by atoms with Crippen molar-refractivity contribution in [3.8, 4) is 0 Å². The first-order valence-corrected chi connectivity index (χ1v) is 6.70. The first-order chi connectivity index (χ1) is 8.61. The molecule has 0 spiro atoms. The second kappa shape index (κ2) is 6.00. The number of nitrogens with one attached hydrogen (secondary N) is 1. The van der Waals surface area contributed by atoms with Crippen LogP contribution < -0.4 is 5.32 Å². The number of rotatable bonds is 4. The van der Waals surface area contributed by atoms with Crippen molar-refractivity contribution in [3.63, 3.8) is 0 Å². The van der Waals surface area contributed by atoms with Gasteiger partial charge in [-0.1, -0.05) is 24.6 Å². The van der Waals surface area contributed by atoms with Crippen molar-refractivity contribution in [2.45, 2.75) is 26.3 Å². The van der Waals surface area contributed by atoms with Gasteiger partial charge in [-0.05, 0) is 30.4 Å². The summed E-state index contributed by atoms with van der Waals surface area (Å²) in [6.07, 6.45) is 2.09. The molecule has 18 heavy (non-hydrogen) atoms. The molecule has 2 nitrogen and oxygen atoms in total. The first-order valence-electron chi connectivity index (χ1n) is 6.32. The van der Waals surface area contributed by atoms with Gasteiger partial charge in [0.05, 0.1) is 0 Å². The molecule has 1 fully saturated rings. The molecule has 1 aromatic carbocycles. The first kappa shape index (κ1) is 13.8. The van der Waals surface area contributed by atoms with E-state index >= 15 is 0 Å². The zero-order chi connectivity index (χ0) is 13.0. The van der Waals surface area contributed by atoms with Crippen molar-refractivity contribution >= 4 is 11.6 Å². The summed E-state index contributed by atoms with van der Waals surface area (Å²) in [5.74, 6) is -0.243. The van der Waals surface area contributed by atoms with Crippen molar-refractivity contribution < 1.29 is 9.13 Å². The second-order valence-electron chi connectivity index (χ2n) is 5.23. The Labute approximate surface area is 112 Å². The predicted molar refractivity (Wildman–Crippen MR) is 71.3 cm³/mol. The van der Waals surface area contributed by atoms with Gasteiger partial charge in [-0.15, -0.1) is 0 Å². The Bertz CT molecular complexity index is 385. The van der Waals surface area contributed by atoms with Crippen LogP contribution in [-0.2, 0) is 11.3 Å². The maximum absolute atomic E-state index is 13.6. The van der Waals surface area contributed by atoms with E-state index in [0.717, 1.165) is 32.6 Å². The van der Waals surface area contributed by atoms with Crippen LogP contribution in [0.25, 0.3) is 0 Å². The van der Waals surface area contributed by atoms with Crippen LogP contribution in [0.5, 0.6) is 0 Å². The Morgan fingerprint density at radius 2 is 2.11 bits per heavy atom. The molecule has 1 aromatic rings. The van der Waals surface area contributed by atoms with E-state index in [0.29, 0.717) is 17.1 Å². The molecule has 1 aliphatic heterocycles. The lowest BCUT2D eigenvalue weighted by Crippen LogP contribution is -2.36. The fourth-order valence-corrected chi connectivity index (χ4v) is 2.46. The molecule has 0 radical (unpaired) electrons. The average molecular weight is 272 g/mol. The molecule has 1 N–H and O–H groups in total.